The number of carbonyl (C=O) groups excluding carboxylic acids is 1. The summed E-state index contributed by atoms with van der Waals surface area (Å²) in [5.74, 6) is -1.94. The van der Waals surface area contributed by atoms with Gasteiger partial charge in [0.25, 0.3) is 0 Å². The molecule has 0 aliphatic carbocycles. The minimum Gasteiger partial charge on any atom is -0.504 e. The molecule has 0 radical (unpaired) electrons. The molecule has 0 aromatic heterocycles. The van der Waals surface area contributed by atoms with Crippen LogP contribution in [-0.2, 0) is 0 Å². The molecule has 7 heteroatoms. The number of nitrogens with zero attached hydrogens (tertiary/aromatic N) is 1. The molecule has 0 aliphatic rings. The van der Waals surface area contributed by atoms with E-state index in [2.05, 4.69) is 20.9 Å². The second-order valence-electron chi connectivity index (χ2n) is 6.21. The molecule has 2 N–H and O–H groups in total. The molecule has 0 saturated heterocycles. The van der Waals surface area contributed by atoms with Crippen molar-refractivity contribution in [2.24, 2.45) is 4.99 Å². The predicted molar refractivity (Wildman–Crippen MR) is 113 cm³/mol. The van der Waals surface area contributed by atoms with Crippen LogP contribution in [0.15, 0.2) is 70.1 Å². The van der Waals surface area contributed by atoms with Gasteiger partial charge in [-0.1, -0.05) is 39.7 Å². The number of carbonyl (C=O) groups is 2. The number of phenolic OH excluding ortho intramolecular Hbond substituents is 1. The summed E-state index contributed by atoms with van der Waals surface area (Å²) < 4.78 is 5.91. The van der Waals surface area contributed by atoms with Gasteiger partial charge >= 0.3 is 11.9 Å². The van der Waals surface area contributed by atoms with Gasteiger partial charge in [-0.3, -0.25) is 4.99 Å². The third kappa shape index (κ3) is 5.08. The minimum absolute atomic E-state index is 0.0225. The molecule has 0 saturated carbocycles. The largest absolute Gasteiger partial charge is 0.504 e. The van der Waals surface area contributed by atoms with Crippen LogP contribution in [0.4, 0.5) is 5.69 Å². The van der Waals surface area contributed by atoms with Gasteiger partial charge in [-0.15, -0.1) is 0 Å². The van der Waals surface area contributed by atoms with Crippen LogP contribution in [-0.4, -0.2) is 28.4 Å². The molecule has 29 heavy (non-hydrogen) atoms. The van der Waals surface area contributed by atoms with Gasteiger partial charge in [0.15, 0.2) is 11.5 Å². The van der Waals surface area contributed by atoms with E-state index < -0.39 is 11.9 Å². The highest BCUT2D eigenvalue weighted by atomic mass is 79.9. The zero-order valence-corrected chi connectivity index (χ0v) is 16.9. The van der Waals surface area contributed by atoms with E-state index >= 15 is 0 Å². The number of aryl methyl sites for hydroxylation is 1. The van der Waals surface area contributed by atoms with Gasteiger partial charge in [0.1, 0.15) is 0 Å². The number of rotatable bonds is 5. The number of ether oxygens (including phenoxy) is 1. The zero-order chi connectivity index (χ0) is 21.0. The topological polar surface area (TPSA) is 96.2 Å². The van der Waals surface area contributed by atoms with Crippen LogP contribution in [0.3, 0.4) is 0 Å². The van der Waals surface area contributed by atoms with Gasteiger partial charge in [-0.2, -0.15) is 0 Å². The van der Waals surface area contributed by atoms with E-state index in [9.17, 15) is 14.7 Å². The first-order valence-electron chi connectivity index (χ1n) is 8.52. The van der Waals surface area contributed by atoms with E-state index in [-0.39, 0.29) is 17.1 Å². The molecular weight excluding hydrogens is 438 g/mol. The average molecular weight is 454 g/mol. The van der Waals surface area contributed by atoms with Crippen molar-refractivity contribution in [2.45, 2.75) is 6.92 Å². The minimum atomic E-state index is -1.06. The lowest BCUT2D eigenvalue weighted by Crippen LogP contribution is -2.09. The van der Waals surface area contributed by atoms with E-state index in [4.69, 9.17) is 9.84 Å². The monoisotopic (exact) mass is 453 g/mol. The van der Waals surface area contributed by atoms with Gasteiger partial charge in [0.05, 0.1) is 16.8 Å². The number of carboxylic acids is 1. The Balaban J connectivity index is 1.87. The van der Waals surface area contributed by atoms with E-state index in [1.54, 1.807) is 42.5 Å². The van der Waals surface area contributed by atoms with Crippen LogP contribution >= 0.6 is 15.9 Å². The van der Waals surface area contributed by atoms with Crippen molar-refractivity contribution in [3.05, 3.63) is 87.4 Å². The Morgan fingerprint density at radius 2 is 1.76 bits per heavy atom. The Hall–Kier alpha value is -3.45. The zero-order valence-electron chi connectivity index (χ0n) is 15.3. The summed E-state index contributed by atoms with van der Waals surface area (Å²) in [6.45, 7) is 1.91. The molecule has 146 valence electrons. The van der Waals surface area contributed by atoms with Crippen LogP contribution in [0.1, 0.15) is 31.8 Å². The second kappa shape index (κ2) is 8.70. The number of aliphatic imine (C=N–C) groups is 1. The molecule has 0 atom stereocenters. The molecule has 0 spiro atoms. The summed E-state index contributed by atoms with van der Waals surface area (Å²) in [7, 11) is 0. The highest BCUT2D eigenvalue weighted by Crippen LogP contribution is 2.34. The first kappa shape index (κ1) is 20.3. The molecule has 0 unspecified atom stereocenters. The summed E-state index contributed by atoms with van der Waals surface area (Å²) in [6, 6.07) is 16.0. The number of aromatic carboxylic acids is 1. The molecule has 3 rings (SSSR count). The summed E-state index contributed by atoms with van der Waals surface area (Å²) >= 11 is 3.32. The summed E-state index contributed by atoms with van der Waals surface area (Å²) in [4.78, 5) is 27.6. The molecule has 6 nitrogen and oxygen atoms in total. The number of hydrogen-bond donors (Lipinski definition) is 2. The number of benzene rings is 3. The van der Waals surface area contributed by atoms with Crippen molar-refractivity contribution in [3.63, 3.8) is 0 Å². The first-order chi connectivity index (χ1) is 13.8. The fourth-order valence-corrected chi connectivity index (χ4v) is 2.94. The molecular formula is C22H16BrNO5. The third-order valence-corrected chi connectivity index (χ3v) is 4.46. The quantitative estimate of drug-likeness (QED) is 0.317. The van der Waals surface area contributed by atoms with Crippen molar-refractivity contribution >= 4 is 39.8 Å². The first-order valence-corrected chi connectivity index (χ1v) is 9.31. The van der Waals surface area contributed by atoms with Crippen LogP contribution < -0.4 is 4.74 Å². The van der Waals surface area contributed by atoms with E-state index in [0.717, 1.165) is 5.56 Å². The number of halogens is 1. The maximum Gasteiger partial charge on any atom is 0.343 e. The maximum atomic E-state index is 12.3. The Morgan fingerprint density at radius 3 is 2.45 bits per heavy atom. The average Bonchev–Trinajstić information content (AvgIpc) is 2.70. The summed E-state index contributed by atoms with van der Waals surface area (Å²) in [6.07, 6.45) is 1.37. The predicted octanol–water partition coefficient (Wildman–Crippen LogP) is 5.13. The number of phenols is 1. The van der Waals surface area contributed by atoms with Crippen molar-refractivity contribution in [3.8, 4) is 11.5 Å². The summed E-state index contributed by atoms with van der Waals surface area (Å²) in [5, 5.41) is 19.5. The standard InChI is InChI=1S/C22H16BrNO5/c1-13-5-7-14(8-6-13)22(28)29-19-11-17(23)9-16(20(19)25)12-24-18-4-2-3-15(10-18)21(26)27/h2-12,25H,1H3,(H,26,27). The number of hydrogen-bond acceptors (Lipinski definition) is 5. The van der Waals surface area contributed by atoms with Gasteiger partial charge in [0.2, 0.25) is 0 Å². The van der Waals surface area contributed by atoms with Crippen molar-refractivity contribution in [2.75, 3.05) is 0 Å². The lowest BCUT2D eigenvalue weighted by atomic mass is 10.1. The van der Waals surface area contributed by atoms with E-state index in [1.807, 2.05) is 6.92 Å². The molecule has 0 aliphatic heterocycles. The SMILES string of the molecule is Cc1ccc(C(=O)Oc2cc(Br)cc(C=Nc3cccc(C(=O)O)c3)c2O)cc1. The van der Waals surface area contributed by atoms with Gasteiger partial charge < -0.3 is 14.9 Å². The smallest absolute Gasteiger partial charge is 0.343 e. The second-order valence-corrected chi connectivity index (χ2v) is 7.13. The van der Waals surface area contributed by atoms with Crippen LogP contribution in [0.25, 0.3) is 0 Å². The van der Waals surface area contributed by atoms with Crippen molar-refractivity contribution < 1.29 is 24.5 Å². The molecule has 3 aromatic rings. The van der Waals surface area contributed by atoms with Gasteiger partial charge in [-0.05, 0) is 49.4 Å². The van der Waals surface area contributed by atoms with Gasteiger partial charge in [-0.25, -0.2) is 9.59 Å². The Morgan fingerprint density at radius 1 is 1.03 bits per heavy atom. The maximum absolute atomic E-state index is 12.3. The molecule has 0 amide bonds. The molecule has 0 bridgehead atoms. The molecule has 0 fully saturated rings. The van der Waals surface area contributed by atoms with E-state index in [0.29, 0.717) is 21.3 Å². The highest BCUT2D eigenvalue weighted by molar-refractivity contribution is 9.10. The van der Waals surface area contributed by atoms with E-state index in [1.165, 1.54) is 24.4 Å². The number of aromatic hydroxyl groups is 1. The Bertz CT molecular complexity index is 1110. The van der Waals surface area contributed by atoms with Crippen LogP contribution in [0.2, 0.25) is 0 Å². The normalized spacial score (nSPS) is 10.8. The van der Waals surface area contributed by atoms with Crippen molar-refractivity contribution in [1.82, 2.24) is 0 Å². The third-order valence-electron chi connectivity index (χ3n) is 4.00. The lowest BCUT2D eigenvalue weighted by molar-refractivity contribution is 0.0694. The van der Waals surface area contributed by atoms with Gasteiger partial charge in [0, 0.05) is 16.3 Å². The Kier molecular flexibility index (Phi) is 6.09. The fraction of sp³-hybridized carbons (Fsp3) is 0.0455. The number of carboxylic acid groups (broad SMARTS) is 1. The fourth-order valence-electron chi connectivity index (χ4n) is 2.48. The van der Waals surface area contributed by atoms with Crippen LogP contribution in [0, 0.1) is 6.92 Å². The van der Waals surface area contributed by atoms with Crippen LogP contribution in [0.5, 0.6) is 11.5 Å². The Labute approximate surface area is 175 Å². The lowest BCUT2D eigenvalue weighted by Gasteiger charge is -2.09. The molecule has 3 aromatic carbocycles. The highest BCUT2D eigenvalue weighted by Gasteiger charge is 2.15. The molecule has 0 heterocycles. The van der Waals surface area contributed by atoms with Crippen molar-refractivity contribution in [1.29, 1.82) is 0 Å². The summed E-state index contributed by atoms with van der Waals surface area (Å²) in [5.41, 5.74) is 2.17. The number of esters is 1.